The van der Waals surface area contributed by atoms with Crippen LogP contribution in [0.15, 0.2) is 54.3 Å². The summed E-state index contributed by atoms with van der Waals surface area (Å²) in [6, 6.07) is 14.6. The van der Waals surface area contributed by atoms with E-state index in [1.54, 1.807) is 31.4 Å². The molecular formula is C18H15N3O3. The molecule has 6 nitrogen and oxygen atoms in total. The van der Waals surface area contributed by atoms with Gasteiger partial charge in [0.05, 0.1) is 24.7 Å². The molecule has 0 unspecified atom stereocenters. The minimum absolute atomic E-state index is 0.00914. The molecule has 0 saturated carbocycles. The lowest BCUT2D eigenvalue weighted by Crippen LogP contribution is -2.26. The monoisotopic (exact) mass is 321 g/mol. The Labute approximate surface area is 138 Å². The number of anilines is 1. The number of aliphatic hydroxyl groups is 1. The van der Waals surface area contributed by atoms with Gasteiger partial charge in [-0.1, -0.05) is 12.1 Å². The number of H-pyrrole nitrogens is 1. The van der Waals surface area contributed by atoms with Gasteiger partial charge in [-0.25, -0.2) is 4.98 Å². The maximum absolute atomic E-state index is 12.8. The van der Waals surface area contributed by atoms with Crippen molar-refractivity contribution >= 4 is 28.2 Å². The number of hydrogen-bond donors (Lipinski definition) is 2. The fourth-order valence-electron chi connectivity index (χ4n) is 2.84. The molecule has 0 atom stereocenters. The van der Waals surface area contributed by atoms with Crippen LogP contribution in [0.1, 0.15) is 5.82 Å². The number of benzene rings is 2. The van der Waals surface area contributed by atoms with Crippen molar-refractivity contribution in [2.75, 3.05) is 18.6 Å². The highest BCUT2D eigenvalue weighted by molar-refractivity contribution is 6.28. The van der Waals surface area contributed by atoms with Crippen molar-refractivity contribution in [1.29, 1.82) is 0 Å². The standard InChI is InChI=1S/C18H15N3O3/c1-24-12-8-6-11(7-9-12)21-10-15(22)16(18(21)23)17-19-13-4-2-3-5-14(13)20-17/h2-9,22H,10H2,1H3,(H,19,20). The molecule has 2 aromatic carbocycles. The Morgan fingerprint density at radius 3 is 2.62 bits per heavy atom. The molecule has 1 aromatic heterocycles. The van der Waals surface area contributed by atoms with Gasteiger partial charge in [0, 0.05) is 5.69 Å². The van der Waals surface area contributed by atoms with E-state index in [-0.39, 0.29) is 23.8 Å². The zero-order valence-electron chi connectivity index (χ0n) is 13.0. The molecule has 1 aliphatic heterocycles. The van der Waals surface area contributed by atoms with Gasteiger partial charge in [0.1, 0.15) is 22.9 Å². The van der Waals surface area contributed by atoms with Crippen molar-refractivity contribution < 1.29 is 14.6 Å². The zero-order chi connectivity index (χ0) is 16.7. The van der Waals surface area contributed by atoms with Crippen LogP contribution >= 0.6 is 0 Å². The van der Waals surface area contributed by atoms with Crippen LogP contribution in [-0.2, 0) is 4.79 Å². The van der Waals surface area contributed by atoms with Crippen molar-refractivity contribution in [3.05, 3.63) is 60.1 Å². The van der Waals surface area contributed by atoms with Crippen LogP contribution < -0.4 is 9.64 Å². The minimum Gasteiger partial charge on any atom is -0.509 e. The molecule has 0 saturated heterocycles. The van der Waals surface area contributed by atoms with E-state index in [1.165, 1.54) is 4.90 Å². The number of aromatic nitrogens is 2. The number of carbonyl (C=O) groups excluding carboxylic acids is 1. The van der Waals surface area contributed by atoms with Gasteiger partial charge in [-0.3, -0.25) is 4.79 Å². The molecule has 2 heterocycles. The zero-order valence-corrected chi connectivity index (χ0v) is 13.0. The van der Waals surface area contributed by atoms with Gasteiger partial charge < -0.3 is 19.7 Å². The average molecular weight is 321 g/mol. The molecule has 1 aliphatic rings. The van der Waals surface area contributed by atoms with Gasteiger partial charge in [-0.2, -0.15) is 0 Å². The number of nitrogens with one attached hydrogen (secondary N) is 1. The number of aliphatic hydroxyl groups excluding tert-OH is 1. The number of ether oxygens (including phenoxy) is 1. The minimum atomic E-state index is -0.281. The quantitative estimate of drug-likeness (QED) is 0.777. The Morgan fingerprint density at radius 1 is 1.17 bits per heavy atom. The molecular weight excluding hydrogens is 306 g/mol. The molecule has 0 radical (unpaired) electrons. The lowest BCUT2D eigenvalue weighted by molar-refractivity contribution is -0.112. The lowest BCUT2D eigenvalue weighted by Gasteiger charge is -2.16. The second-order valence-electron chi connectivity index (χ2n) is 5.51. The first-order valence-corrected chi connectivity index (χ1v) is 7.50. The fraction of sp³-hybridized carbons (Fsp3) is 0.111. The Balaban J connectivity index is 1.69. The number of carbonyl (C=O) groups is 1. The predicted molar refractivity (Wildman–Crippen MR) is 91.0 cm³/mol. The number of nitrogens with zero attached hydrogens (tertiary/aromatic N) is 2. The Hall–Kier alpha value is -3.28. The second kappa shape index (κ2) is 5.42. The van der Waals surface area contributed by atoms with E-state index in [9.17, 15) is 9.90 Å². The van der Waals surface area contributed by atoms with Gasteiger partial charge in [-0.05, 0) is 36.4 Å². The van der Waals surface area contributed by atoms with E-state index in [4.69, 9.17) is 4.74 Å². The number of rotatable bonds is 3. The first-order valence-electron chi connectivity index (χ1n) is 7.50. The lowest BCUT2D eigenvalue weighted by atomic mass is 10.2. The third kappa shape index (κ3) is 2.20. The van der Waals surface area contributed by atoms with E-state index < -0.39 is 0 Å². The highest BCUT2D eigenvalue weighted by Crippen LogP contribution is 2.31. The summed E-state index contributed by atoms with van der Waals surface area (Å²) in [5.74, 6) is 0.821. The van der Waals surface area contributed by atoms with Crippen molar-refractivity contribution in [1.82, 2.24) is 9.97 Å². The first kappa shape index (κ1) is 14.3. The number of hydrogen-bond acceptors (Lipinski definition) is 4. The predicted octanol–water partition coefficient (Wildman–Crippen LogP) is 2.89. The smallest absolute Gasteiger partial charge is 0.265 e. The third-order valence-electron chi connectivity index (χ3n) is 4.07. The van der Waals surface area contributed by atoms with Gasteiger partial charge >= 0.3 is 0 Å². The van der Waals surface area contributed by atoms with E-state index in [1.807, 2.05) is 24.3 Å². The molecule has 0 bridgehead atoms. The van der Waals surface area contributed by atoms with Crippen molar-refractivity contribution in [2.45, 2.75) is 0 Å². The second-order valence-corrected chi connectivity index (χ2v) is 5.51. The number of fused-ring (bicyclic) bond motifs is 1. The number of aromatic amines is 1. The van der Waals surface area contributed by atoms with Crippen LogP contribution in [0.2, 0.25) is 0 Å². The molecule has 24 heavy (non-hydrogen) atoms. The van der Waals surface area contributed by atoms with E-state index in [0.29, 0.717) is 17.3 Å². The molecule has 120 valence electrons. The van der Waals surface area contributed by atoms with Gasteiger partial charge in [0.2, 0.25) is 0 Å². The van der Waals surface area contributed by atoms with Gasteiger partial charge in [0.25, 0.3) is 5.91 Å². The van der Waals surface area contributed by atoms with Crippen LogP contribution in [0.3, 0.4) is 0 Å². The molecule has 0 fully saturated rings. The van der Waals surface area contributed by atoms with E-state index in [2.05, 4.69) is 9.97 Å². The summed E-state index contributed by atoms with van der Waals surface area (Å²) in [4.78, 5) is 21.8. The fourth-order valence-corrected chi connectivity index (χ4v) is 2.84. The number of para-hydroxylation sites is 2. The largest absolute Gasteiger partial charge is 0.509 e. The molecule has 6 heteroatoms. The summed E-state index contributed by atoms with van der Waals surface area (Å²) in [5, 5.41) is 10.3. The Bertz CT molecular complexity index is 924. The topological polar surface area (TPSA) is 78.5 Å². The molecule has 3 aromatic rings. The normalized spacial score (nSPS) is 14.7. The van der Waals surface area contributed by atoms with Gasteiger partial charge in [0.15, 0.2) is 0 Å². The molecule has 0 spiro atoms. The maximum Gasteiger partial charge on any atom is 0.265 e. The van der Waals surface area contributed by atoms with E-state index >= 15 is 0 Å². The van der Waals surface area contributed by atoms with Crippen LogP contribution in [0.5, 0.6) is 5.75 Å². The highest BCUT2D eigenvalue weighted by Gasteiger charge is 2.34. The van der Waals surface area contributed by atoms with Crippen LogP contribution in [0, 0.1) is 0 Å². The highest BCUT2D eigenvalue weighted by atomic mass is 16.5. The van der Waals surface area contributed by atoms with Crippen molar-refractivity contribution in [3.63, 3.8) is 0 Å². The SMILES string of the molecule is COc1ccc(N2CC(O)=C(c3nc4ccccc4[nH]3)C2=O)cc1. The number of amides is 1. The number of imidazole rings is 1. The van der Waals surface area contributed by atoms with Crippen molar-refractivity contribution in [2.24, 2.45) is 0 Å². The summed E-state index contributed by atoms with van der Waals surface area (Å²) in [6.07, 6.45) is 0. The Kier molecular flexibility index (Phi) is 3.23. The van der Waals surface area contributed by atoms with E-state index in [0.717, 1.165) is 11.0 Å². The summed E-state index contributed by atoms with van der Waals surface area (Å²) in [6.45, 7) is 0.123. The first-order chi connectivity index (χ1) is 11.7. The summed E-state index contributed by atoms with van der Waals surface area (Å²) >= 11 is 0. The summed E-state index contributed by atoms with van der Waals surface area (Å²) < 4.78 is 5.13. The van der Waals surface area contributed by atoms with Gasteiger partial charge in [-0.15, -0.1) is 0 Å². The third-order valence-corrected chi connectivity index (χ3v) is 4.07. The number of methoxy groups -OCH3 is 1. The summed E-state index contributed by atoms with van der Waals surface area (Å²) in [5.41, 5.74) is 2.48. The Morgan fingerprint density at radius 2 is 1.92 bits per heavy atom. The molecule has 0 aliphatic carbocycles. The summed E-state index contributed by atoms with van der Waals surface area (Å²) in [7, 11) is 1.59. The van der Waals surface area contributed by atoms with Crippen LogP contribution in [0.4, 0.5) is 5.69 Å². The molecule has 1 amide bonds. The molecule has 4 rings (SSSR count). The average Bonchev–Trinajstić information content (AvgIpc) is 3.15. The maximum atomic E-state index is 12.8. The molecule has 2 N–H and O–H groups in total. The van der Waals surface area contributed by atoms with Crippen molar-refractivity contribution in [3.8, 4) is 5.75 Å². The van der Waals surface area contributed by atoms with Crippen LogP contribution in [-0.4, -0.2) is 34.6 Å². The van der Waals surface area contributed by atoms with Crippen LogP contribution in [0.25, 0.3) is 16.6 Å².